The largest absolute Gasteiger partial charge is 0.439 e. The Morgan fingerprint density at radius 1 is 1.44 bits per heavy atom. The smallest absolute Gasteiger partial charge is 0.297 e. The van der Waals surface area contributed by atoms with E-state index in [2.05, 4.69) is 16.4 Å². The summed E-state index contributed by atoms with van der Waals surface area (Å²) in [5.41, 5.74) is 1.82. The SMILES string of the molecule is CNc1c[c-]c2nc(N(C)C)oc(=O)c2c1C.[Y]. The van der Waals surface area contributed by atoms with Crippen molar-refractivity contribution in [1.29, 1.82) is 0 Å². The fourth-order valence-electron chi connectivity index (χ4n) is 1.67. The number of rotatable bonds is 2. The predicted molar refractivity (Wildman–Crippen MR) is 67.7 cm³/mol. The van der Waals surface area contributed by atoms with Crippen molar-refractivity contribution < 1.29 is 37.1 Å². The summed E-state index contributed by atoms with van der Waals surface area (Å²) in [6, 6.07) is 5.06. The predicted octanol–water partition coefficient (Wildman–Crippen LogP) is 1.40. The molecule has 18 heavy (non-hydrogen) atoms. The molecular weight excluding hydrogens is 307 g/mol. The zero-order chi connectivity index (χ0) is 12.6. The Balaban J connectivity index is 0.00000162. The number of nitrogens with one attached hydrogen (secondary N) is 1. The quantitative estimate of drug-likeness (QED) is 0.848. The molecule has 6 heteroatoms. The van der Waals surface area contributed by atoms with Gasteiger partial charge in [0.1, 0.15) is 0 Å². The summed E-state index contributed by atoms with van der Waals surface area (Å²) in [4.78, 5) is 17.8. The van der Waals surface area contributed by atoms with Crippen molar-refractivity contribution in [2.45, 2.75) is 6.92 Å². The molecule has 0 saturated heterocycles. The monoisotopic (exact) mass is 321 g/mol. The first-order valence-corrected chi connectivity index (χ1v) is 5.25. The molecule has 2 rings (SSSR count). The summed E-state index contributed by atoms with van der Waals surface area (Å²) in [5.74, 6) is 0. The third-order valence-corrected chi connectivity index (χ3v) is 2.62. The van der Waals surface area contributed by atoms with Crippen molar-refractivity contribution in [2.24, 2.45) is 0 Å². The van der Waals surface area contributed by atoms with Crippen LogP contribution in [0, 0.1) is 13.0 Å². The summed E-state index contributed by atoms with van der Waals surface area (Å²) in [5, 5.41) is 3.48. The van der Waals surface area contributed by atoms with Crippen molar-refractivity contribution in [1.82, 2.24) is 4.98 Å². The fraction of sp³-hybridized carbons (Fsp3) is 0.333. The third kappa shape index (κ3) is 2.57. The maximum atomic E-state index is 11.9. The van der Waals surface area contributed by atoms with Crippen molar-refractivity contribution in [3.63, 3.8) is 0 Å². The van der Waals surface area contributed by atoms with Crippen LogP contribution in [0.3, 0.4) is 0 Å². The van der Waals surface area contributed by atoms with Gasteiger partial charge in [-0.25, -0.2) is 4.98 Å². The van der Waals surface area contributed by atoms with Gasteiger partial charge < -0.3 is 14.6 Å². The van der Waals surface area contributed by atoms with E-state index in [1.54, 1.807) is 32.1 Å². The Bertz CT molecular complexity index is 622. The molecule has 93 valence electrons. The first-order valence-electron chi connectivity index (χ1n) is 5.25. The molecule has 1 N–H and O–H groups in total. The summed E-state index contributed by atoms with van der Waals surface area (Å²) in [7, 11) is 5.34. The van der Waals surface area contributed by atoms with E-state index in [0.717, 1.165) is 11.3 Å². The van der Waals surface area contributed by atoms with Crippen LogP contribution >= 0.6 is 0 Å². The third-order valence-electron chi connectivity index (χ3n) is 2.62. The molecule has 1 radical (unpaired) electrons. The van der Waals surface area contributed by atoms with Crippen LogP contribution in [0.15, 0.2) is 15.3 Å². The number of hydrogen-bond donors (Lipinski definition) is 1. The van der Waals surface area contributed by atoms with E-state index in [0.29, 0.717) is 10.9 Å². The van der Waals surface area contributed by atoms with Crippen LogP contribution in [0.1, 0.15) is 5.56 Å². The molecule has 0 bridgehead atoms. The Morgan fingerprint density at radius 2 is 2.11 bits per heavy atom. The minimum absolute atomic E-state index is 0. The van der Waals surface area contributed by atoms with Gasteiger partial charge in [0, 0.05) is 46.8 Å². The van der Waals surface area contributed by atoms with E-state index in [1.807, 2.05) is 6.92 Å². The van der Waals surface area contributed by atoms with Crippen LogP contribution in [0.25, 0.3) is 10.9 Å². The molecule has 0 unspecified atom stereocenters. The second-order valence-electron chi connectivity index (χ2n) is 3.98. The van der Waals surface area contributed by atoms with Gasteiger partial charge >= 0.3 is 0 Å². The van der Waals surface area contributed by atoms with Crippen LogP contribution in [-0.2, 0) is 32.7 Å². The molecule has 0 fully saturated rings. The van der Waals surface area contributed by atoms with Gasteiger partial charge in [-0.2, -0.15) is 12.1 Å². The molecular formula is C12H14N3O2Y-. The van der Waals surface area contributed by atoms with Crippen LogP contribution in [0.2, 0.25) is 0 Å². The first kappa shape index (κ1) is 15.1. The minimum atomic E-state index is -0.385. The second kappa shape index (κ2) is 5.80. The van der Waals surface area contributed by atoms with Gasteiger partial charge in [0.25, 0.3) is 11.6 Å². The van der Waals surface area contributed by atoms with Gasteiger partial charge in [0.2, 0.25) is 0 Å². The molecule has 0 aliphatic heterocycles. The molecule has 0 atom stereocenters. The number of benzene rings is 1. The maximum Gasteiger partial charge on any atom is 0.297 e. The Labute approximate surface area is 130 Å². The average Bonchev–Trinajstić information content (AvgIpc) is 2.28. The summed E-state index contributed by atoms with van der Waals surface area (Å²) < 4.78 is 5.14. The van der Waals surface area contributed by atoms with E-state index in [9.17, 15) is 4.79 Å². The van der Waals surface area contributed by atoms with Crippen molar-refractivity contribution in [3.8, 4) is 0 Å². The van der Waals surface area contributed by atoms with E-state index >= 15 is 0 Å². The first-order chi connectivity index (χ1) is 8.04. The normalized spacial score (nSPS) is 10.0. The fourth-order valence-corrected chi connectivity index (χ4v) is 1.67. The molecule has 0 spiro atoms. The number of hydrogen-bond acceptors (Lipinski definition) is 5. The summed E-state index contributed by atoms with van der Waals surface area (Å²) in [6.45, 7) is 1.86. The van der Waals surface area contributed by atoms with E-state index in [1.165, 1.54) is 0 Å². The van der Waals surface area contributed by atoms with Crippen LogP contribution in [0.5, 0.6) is 0 Å². The zero-order valence-corrected chi connectivity index (χ0v) is 13.7. The van der Waals surface area contributed by atoms with Gasteiger partial charge in [-0.3, -0.25) is 4.79 Å². The molecule has 1 heterocycles. The molecule has 0 aliphatic rings. The van der Waals surface area contributed by atoms with Crippen molar-refractivity contribution >= 4 is 22.6 Å². The minimum Gasteiger partial charge on any atom is -0.439 e. The number of aromatic nitrogens is 1. The summed E-state index contributed by atoms with van der Waals surface area (Å²) >= 11 is 0. The number of nitrogens with zero attached hydrogens (tertiary/aromatic N) is 2. The van der Waals surface area contributed by atoms with Gasteiger partial charge in [0.15, 0.2) is 0 Å². The van der Waals surface area contributed by atoms with Crippen molar-refractivity contribution in [2.75, 3.05) is 31.4 Å². The van der Waals surface area contributed by atoms with E-state index in [-0.39, 0.29) is 44.3 Å². The molecule has 0 amide bonds. The zero-order valence-electron chi connectivity index (χ0n) is 10.9. The molecule has 2 aromatic rings. The van der Waals surface area contributed by atoms with Gasteiger partial charge in [-0.1, -0.05) is 12.6 Å². The van der Waals surface area contributed by atoms with Crippen LogP contribution in [-0.4, -0.2) is 26.1 Å². The standard InChI is InChI=1S/C12H14N3O2.Y/c1-7-8(13-2)5-6-9-10(7)11(16)17-12(14-9)15(3)4;/h5,13H,1-4H3;/q-1;. The molecule has 0 saturated carbocycles. The van der Waals surface area contributed by atoms with Crippen molar-refractivity contribution in [3.05, 3.63) is 28.1 Å². The number of fused-ring (bicyclic) bond motifs is 1. The molecule has 1 aromatic carbocycles. The van der Waals surface area contributed by atoms with E-state index in [4.69, 9.17) is 4.42 Å². The number of aryl methyl sites for hydroxylation is 1. The average molecular weight is 321 g/mol. The molecule has 0 aliphatic carbocycles. The Hall–Kier alpha value is -0.936. The topological polar surface area (TPSA) is 58.4 Å². The second-order valence-corrected chi connectivity index (χ2v) is 3.98. The van der Waals surface area contributed by atoms with Crippen LogP contribution < -0.4 is 15.8 Å². The van der Waals surface area contributed by atoms with Crippen LogP contribution in [0.4, 0.5) is 11.7 Å². The van der Waals surface area contributed by atoms with Gasteiger partial charge in [-0.15, -0.1) is 5.56 Å². The maximum absolute atomic E-state index is 11.9. The Morgan fingerprint density at radius 3 is 2.67 bits per heavy atom. The van der Waals surface area contributed by atoms with Gasteiger partial charge in [-0.05, 0) is 18.0 Å². The molecule has 1 aromatic heterocycles. The number of anilines is 2. The molecule has 5 nitrogen and oxygen atoms in total. The summed E-state index contributed by atoms with van der Waals surface area (Å²) in [6.07, 6.45) is 0. The van der Waals surface area contributed by atoms with Gasteiger partial charge in [0.05, 0.1) is 0 Å². The van der Waals surface area contributed by atoms with E-state index < -0.39 is 0 Å². The Kier molecular flexibility index (Phi) is 4.88.